The van der Waals surface area contributed by atoms with E-state index in [1.54, 1.807) is 0 Å². The summed E-state index contributed by atoms with van der Waals surface area (Å²) in [5.74, 6) is 0.909. The Morgan fingerprint density at radius 1 is 0.567 bits per heavy atom. The number of benzene rings is 4. The standard InChI is InChI=1S/C28H20N2/c1-3-9-19(10-4-1)26-27(20-11-5-2-6-12-20)30-28(29-26)22-15-16-25-23(18-22)17-21-13-7-8-14-24(21)25/h1-16,18H,17H2,(H,29,30). The van der Waals surface area contributed by atoms with E-state index in [4.69, 9.17) is 4.98 Å². The van der Waals surface area contributed by atoms with E-state index in [2.05, 4.69) is 96.0 Å². The molecule has 0 amide bonds. The van der Waals surface area contributed by atoms with Crippen molar-refractivity contribution in [2.75, 3.05) is 0 Å². The fraction of sp³-hybridized carbons (Fsp3) is 0.0357. The average molecular weight is 384 g/mol. The molecule has 0 bridgehead atoms. The number of nitrogens with one attached hydrogen (secondary N) is 1. The number of rotatable bonds is 3. The first-order valence-electron chi connectivity index (χ1n) is 10.3. The summed E-state index contributed by atoms with van der Waals surface area (Å²) in [5, 5.41) is 0. The van der Waals surface area contributed by atoms with Crippen molar-refractivity contribution in [1.29, 1.82) is 0 Å². The average Bonchev–Trinajstić information content (AvgIpc) is 3.42. The van der Waals surface area contributed by atoms with Gasteiger partial charge in [0.15, 0.2) is 0 Å². The van der Waals surface area contributed by atoms with Gasteiger partial charge in [0.05, 0.1) is 11.4 Å². The van der Waals surface area contributed by atoms with Crippen molar-refractivity contribution in [3.05, 3.63) is 114 Å². The summed E-state index contributed by atoms with van der Waals surface area (Å²) in [6.45, 7) is 0. The van der Waals surface area contributed by atoms with Crippen molar-refractivity contribution in [2.45, 2.75) is 6.42 Å². The molecule has 1 N–H and O–H groups in total. The number of H-pyrrole nitrogens is 1. The lowest BCUT2D eigenvalue weighted by molar-refractivity contribution is 1.25. The minimum Gasteiger partial charge on any atom is -0.337 e. The Balaban J connectivity index is 1.48. The summed E-state index contributed by atoms with van der Waals surface area (Å²) in [5.41, 5.74) is 10.9. The maximum atomic E-state index is 5.05. The van der Waals surface area contributed by atoms with Crippen LogP contribution in [0.25, 0.3) is 45.0 Å². The molecule has 0 fully saturated rings. The first kappa shape index (κ1) is 17.0. The van der Waals surface area contributed by atoms with Crippen molar-refractivity contribution in [3.63, 3.8) is 0 Å². The Morgan fingerprint density at radius 2 is 1.23 bits per heavy atom. The third kappa shape index (κ3) is 2.77. The molecule has 30 heavy (non-hydrogen) atoms. The highest BCUT2D eigenvalue weighted by atomic mass is 14.9. The number of imidazole rings is 1. The molecule has 6 rings (SSSR count). The zero-order valence-corrected chi connectivity index (χ0v) is 16.5. The lowest BCUT2D eigenvalue weighted by Gasteiger charge is -2.03. The molecule has 1 aliphatic carbocycles. The molecule has 0 atom stereocenters. The van der Waals surface area contributed by atoms with E-state index in [0.29, 0.717) is 0 Å². The first-order chi connectivity index (χ1) is 14.9. The Morgan fingerprint density at radius 3 is 2.03 bits per heavy atom. The predicted molar refractivity (Wildman–Crippen MR) is 123 cm³/mol. The maximum absolute atomic E-state index is 5.05. The molecule has 0 aliphatic heterocycles. The smallest absolute Gasteiger partial charge is 0.138 e. The molecule has 5 aromatic rings. The van der Waals surface area contributed by atoms with Crippen LogP contribution in [-0.4, -0.2) is 9.97 Å². The molecule has 142 valence electrons. The van der Waals surface area contributed by atoms with Crippen molar-refractivity contribution < 1.29 is 0 Å². The molecule has 1 aromatic heterocycles. The van der Waals surface area contributed by atoms with Gasteiger partial charge in [-0.2, -0.15) is 0 Å². The number of nitrogens with zero attached hydrogens (tertiary/aromatic N) is 1. The second-order valence-corrected chi connectivity index (χ2v) is 7.75. The second kappa shape index (κ2) is 6.85. The molecule has 4 aromatic carbocycles. The first-order valence-corrected chi connectivity index (χ1v) is 10.3. The zero-order valence-electron chi connectivity index (χ0n) is 16.5. The van der Waals surface area contributed by atoms with E-state index in [1.165, 1.54) is 22.3 Å². The highest BCUT2D eigenvalue weighted by Crippen LogP contribution is 2.39. The van der Waals surface area contributed by atoms with Crippen LogP contribution in [0.2, 0.25) is 0 Å². The number of hydrogen-bond acceptors (Lipinski definition) is 1. The van der Waals surface area contributed by atoms with Gasteiger partial charge >= 0.3 is 0 Å². The maximum Gasteiger partial charge on any atom is 0.138 e. The lowest BCUT2D eigenvalue weighted by Crippen LogP contribution is -1.85. The molecule has 2 nitrogen and oxygen atoms in total. The number of aromatic nitrogens is 2. The Hall–Kier alpha value is -3.91. The highest BCUT2D eigenvalue weighted by molar-refractivity contribution is 5.83. The Labute approximate surface area is 175 Å². The summed E-state index contributed by atoms with van der Waals surface area (Å²) in [4.78, 5) is 8.66. The molecule has 1 aliphatic rings. The predicted octanol–water partition coefficient (Wildman–Crippen LogP) is 6.98. The largest absolute Gasteiger partial charge is 0.337 e. The van der Waals surface area contributed by atoms with Crippen LogP contribution in [0.4, 0.5) is 0 Å². The third-order valence-electron chi connectivity index (χ3n) is 5.88. The summed E-state index contributed by atoms with van der Waals surface area (Å²) >= 11 is 0. The van der Waals surface area contributed by atoms with Crippen molar-refractivity contribution in [3.8, 4) is 45.0 Å². The van der Waals surface area contributed by atoms with Gasteiger partial charge in [-0.3, -0.25) is 0 Å². The van der Waals surface area contributed by atoms with Gasteiger partial charge in [-0.05, 0) is 34.7 Å². The lowest BCUT2D eigenvalue weighted by atomic mass is 10.0. The molecule has 0 unspecified atom stereocenters. The van der Waals surface area contributed by atoms with E-state index in [-0.39, 0.29) is 0 Å². The normalized spacial score (nSPS) is 11.9. The zero-order chi connectivity index (χ0) is 19.9. The molecule has 1 heterocycles. The minimum atomic E-state index is 0.909. The SMILES string of the molecule is c1ccc(-c2nc(-c3ccc4c(c3)Cc3ccccc3-4)[nH]c2-c2ccccc2)cc1. The van der Waals surface area contributed by atoms with Gasteiger partial charge in [-0.15, -0.1) is 0 Å². The van der Waals surface area contributed by atoms with Crippen LogP contribution in [0.5, 0.6) is 0 Å². The van der Waals surface area contributed by atoms with E-state index in [0.717, 1.165) is 40.3 Å². The molecule has 0 radical (unpaired) electrons. The highest BCUT2D eigenvalue weighted by Gasteiger charge is 2.20. The van der Waals surface area contributed by atoms with Crippen LogP contribution < -0.4 is 0 Å². The molecular weight excluding hydrogens is 364 g/mol. The van der Waals surface area contributed by atoms with Gasteiger partial charge < -0.3 is 4.98 Å². The van der Waals surface area contributed by atoms with Crippen LogP contribution in [0.3, 0.4) is 0 Å². The fourth-order valence-corrected chi connectivity index (χ4v) is 4.42. The van der Waals surface area contributed by atoms with Gasteiger partial charge in [0.1, 0.15) is 5.82 Å². The quantitative estimate of drug-likeness (QED) is 0.350. The monoisotopic (exact) mass is 384 g/mol. The van der Waals surface area contributed by atoms with Crippen molar-refractivity contribution in [1.82, 2.24) is 9.97 Å². The van der Waals surface area contributed by atoms with Gasteiger partial charge in [0.25, 0.3) is 0 Å². The van der Waals surface area contributed by atoms with Crippen LogP contribution in [0.15, 0.2) is 103 Å². The summed E-state index contributed by atoms with van der Waals surface area (Å²) in [7, 11) is 0. The van der Waals surface area contributed by atoms with Crippen molar-refractivity contribution in [2.24, 2.45) is 0 Å². The third-order valence-corrected chi connectivity index (χ3v) is 5.88. The van der Waals surface area contributed by atoms with Gasteiger partial charge in [-0.25, -0.2) is 4.98 Å². The molecule has 2 heteroatoms. The summed E-state index contributed by atoms with van der Waals surface area (Å²) in [6.07, 6.45) is 0.983. The summed E-state index contributed by atoms with van der Waals surface area (Å²) in [6, 6.07) is 36.2. The number of aromatic amines is 1. The Kier molecular flexibility index (Phi) is 3.88. The van der Waals surface area contributed by atoms with Gasteiger partial charge in [0, 0.05) is 16.7 Å². The number of hydrogen-bond donors (Lipinski definition) is 1. The Bertz CT molecular complexity index is 1290. The van der Waals surface area contributed by atoms with Gasteiger partial charge in [-0.1, -0.05) is 97.1 Å². The van der Waals surface area contributed by atoms with E-state index in [9.17, 15) is 0 Å². The fourth-order valence-electron chi connectivity index (χ4n) is 4.42. The molecule has 0 spiro atoms. The minimum absolute atomic E-state index is 0.909. The van der Waals surface area contributed by atoms with Crippen LogP contribution in [-0.2, 0) is 6.42 Å². The van der Waals surface area contributed by atoms with Crippen LogP contribution >= 0.6 is 0 Å². The molecule has 0 saturated heterocycles. The second-order valence-electron chi connectivity index (χ2n) is 7.75. The van der Waals surface area contributed by atoms with Crippen molar-refractivity contribution >= 4 is 0 Å². The van der Waals surface area contributed by atoms with E-state index in [1.807, 2.05) is 12.1 Å². The topological polar surface area (TPSA) is 28.7 Å². The van der Waals surface area contributed by atoms with Crippen LogP contribution in [0, 0.1) is 0 Å². The molecular formula is C28H20N2. The van der Waals surface area contributed by atoms with E-state index < -0.39 is 0 Å². The summed E-state index contributed by atoms with van der Waals surface area (Å²) < 4.78 is 0. The van der Waals surface area contributed by atoms with E-state index >= 15 is 0 Å². The van der Waals surface area contributed by atoms with Gasteiger partial charge in [0.2, 0.25) is 0 Å². The molecule has 0 saturated carbocycles. The number of fused-ring (bicyclic) bond motifs is 3. The van der Waals surface area contributed by atoms with Crippen LogP contribution in [0.1, 0.15) is 11.1 Å².